The van der Waals surface area contributed by atoms with Crippen LogP contribution >= 0.6 is 0 Å². The van der Waals surface area contributed by atoms with Gasteiger partial charge < -0.3 is 5.32 Å². The molecule has 0 spiro atoms. The topological polar surface area (TPSA) is 76.9 Å². The second-order valence-corrected chi connectivity index (χ2v) is 5.31. The number of carbonyl (C=O) groups excluding carboxylic acids is 2. The van der Waals surface area contributed by atoms with Crippen molar-refractivity contribution in [3.05, 3.63) is 53.9 Å². The van der Waals surface area contributed by atoms with E-state index in [1.165, 1.54) is 11.6 Å². The summed E-state index contributed by atoms with van der Waals surface area (Å²) in [4.78, 5) is 23.7. The van der Waals surface area contributed by atoms with Crippen LogP contribution in [0.4, 0.5) is 5.69 Å². The maximum absolute atomic E-state index is 12.3. The van der Waals surface area contributed by atoms with Crippen molar-refractivity contribution in [2.75, 3.05) is 5.32 Å². The summed E-state index contributed by atoms with van der Waals surface area (Å²) in [5.41, 5.74) is 1.63. The molecule has 3 aromatic rings. The van der Waals surface area contributed by atoms with Crippen molar-refractivity contribution in [3.8, 4) is 0 Å². The molecule has 116 valence electrons. The quantitative estimate of drug-likeness (QED) is 0.752. The Morgan fingerprint density at radius 2 is 1.87 bits per heavy atom. The third kappa shape index (κ3) is 2.96. The predicted octanol–water partition coefficient (Wildman–Crippen LogP) is 2.58. The Balaban J connectivity index is 1.81. The van der Waals surface area contributed by atoms with Crippen LogP contribution in [0.2, 0.25) is 0 Å². The van der Waals surface area contributed by atoms with Crippen LogP contribution in [0, 0.1) is 6.92 Å². The van der Waals surface area contributed by atoms with Gasteiger partial charge in [-0.2, -0.15) is 0 Å². The zero-order valence-electron chi connectivity index (χ0n) is 12.9. The molecule has 0 fully saturated rings. The highest BCUT2D eigenvalue weighted by Crippen LogP contribution is 2.22. The third-order valence-corrected chi connectivity index (χ3v) is 3.67. The Morgan fingerprint density at radius 3 is 2.61 bits per heavy atom. The van der Waals surface area contributed by atoms with Crippen molar-refractivity contribution < 1.29 is 9.59 Å². The highest BCUT2D eigenvalue weighted by Gasteiger charge is 2.15. The monoisotopic (exact) mass is 308 g/mol. The average molecular weight is 308 g/mol. The number of fused-ring (bicyclic) bond motifs is 1. The van der Waals surface area contributed by atoms with Gasteiger partial charge in [0.2, 0.25) is 5.91 Å². The summed E-state index contributed by atoms with van der Waals surface area (Å²) in [6.07, 6.45) is 0. The molecule has 1 aromatic heterocycles. The molecule has 0 atom stereocenters. The van der Waals surface area contributed by atoms with Crippen molar-refractivity contribution >= 4 is 28.2 Å². The Hall–Kier alpha value is -3.02. The van der Waals surface area contributed by atoms with Gasteiger partial charge in [-0.15, -0.1) is 5.10 Å². The number of anilines is 1. The minimum absolute atomic E-state index is 0.00926. The molecule has 6 heteroatoms. The fourth-order valence-corrected chi connectivity index (χ4v) is 2.50. The molecule has 0 aliphatic rings. The van der Waals surface area contributed by atoms with E-state index in [0.717, 1.165) is 16.5 Å². The molecular formula is C17H16N4O2. The van der Waals surface area contributed by atoms with Crippen molar-refractivity contribution in [1.29, 1.82) is 0 Å². The average Bonchev–Trinajstić information content (AvgIpc) is 2.89. The third-order valence-electron chi connectivity index (χ3n) is 3.67. The first kappa shape index (κ1) is 14.9. The van der Waals surface area contributed by atoms with Crippen LogP contribution in [-0.2, 0) is 11.3 Å². The standard InChI is InChI=1S/C17H16N4O2/c1-11-17(12(2)22)19-20-21(11)10-16(23)18-15-9-5-7-13-6-3-4-8-14(13)15/h3-9H,10H2,1-2H3,(H,18,23). The van der Waals surface area contributed by atoms with Gasteiger partial charge in [0, 0.05) is 18.0 Å². The van der Waals surface area contributed by atoms with Crippen LogP contribution in [0.25, 0.3) is 10.8 Å². The van der Waals surface area contributed by atoms with Crippen LogP contribution in [-0.4, -0.2) is 26.7 Å². The molecule has 0 bridgehead atoms. The van der Waals surface area contributed by atoms with Gasteiger partial charge in [0.05, 0.1) is 5.69 Å². The van der Waals surface area contributed by atoms with E-state index in [-0.39, 0.29) is 18.2 Å². The summed E-state index contributed by atoms with van der Waals surface area (Å²) < 4.78 is 1.43. The van der Waals surface area contributed by atoms with Gasteiger partial charge in [0.25, 0.3) is 0 Å². The summed E-state index contributed by atoms with van der Waals surface area (Å²) in [5, 5.41) is 12.6. The Bertz CT molecular complexity index is 893. The lowest BCUT2D eigenvalue weighted by Crippen LogP contribution is -2.20. The van der Waals surface area contributed by atoms with Crippen LogP contribution < -0.4 is 5.32 Å². The number of ketones is 1. The highest BCUT2D eigenvalue weighted by molar-refractivity contribution is 6.02. The molecule has 6 nitrogen and oxygen atoms in total. The van der Waals surface area contributed by atoms with E-state index in [1.54, 1.807) is 6.92 Å². The maximum atomic E-state index is 12.3. The van der Waals surface area contributed by atoms with E-state index >= 15 is 0 Å². The largest absolute Gasteiger partial charge is 0.324 e. The number of hydrogen-bond donors (Lipinski definition) is 1. The first-order valence-corrected chi connectivity index (χ1v) is 7.25. The fraction of sp³-hybridized carbons (Fsp3) is 0.176. The van der Waals surface area contributed by atoms with Gasteiger partial charge in [-0.25, -0.2) is 4.68 Å². The van der Waals surface area contributed by atoms with Gasteiger partial charge in [0.15, 0.2) is 11.5 Å². The summed E-state index contributed by atoms with van der Waals surface area (Å²) >= 11 is 0. The van der Waals surface area contributed by atoms with Crippen molar-refractivity contribution in [2.45, 2.75) is 20.4 Å². The lowest BCUT2D eigenvalue weighted by atomic mass is 10.1. The first-order valence-electron chi connectivity index (χ1n) is 7.25. The zero-order chi connectivity index (χ0) is 16.4. The van der Waals surface area contributed by atoms with Gasteiger partial charge in [0.1, 0.15) is 6.54 Å². The van der Waals surface area contributed by atoms with Crippen LogP contribution in [0.1, 0.15) is 23.1 Å². The normalized spacial score (nSPS) is 10.7. The molecule has 3 rings (SSSR count). The Labute approximate surface area is 133 Å². The molecular weight excluding hydrogens is 292 g/mol. The van der Waals surface area contributed by atoms with Gasteiger partial charge in [-0.3, -0.25) is 9.59 Å². The van der Waals surface area contributed by atoms with E-state index in [9.17, 15) is 9.59 Å². The van der Waals surface area contributed by atoms with Crippen molar-refractivity contribution in [1.82, 2.24) is 15.0 Å². The maximum Gasteiger partial charge on any atom is 0.246 e. The van der Waals surface area contributed by atoms with Crippen LogP contribution in [0.5, 0.6) is 0 Å². The molecule has 0 aliphatic carbocycles. The summed E-state index contributed by atoms with van der Waals surface area (Å²) in [5.74, 6) is -0.382. The molecule has 0 aliphatic heterocycles. The molecule has 0 saturated heterocycles. The van der Waals surface area contributed by atoms with E-state index < -0.39 is 0 Å². The number of benzene rings is 2. The SMILES string of the molecule is CC(=O)c1nnn(CC(=O)Nc2cccc3ccccc23)c1C. The van der Waals surface area contributed by atoms with Gasteiger partial charge in [-0.1, -0.05) is 41.6 Å². The molecule has 1 heterocycles. The fourth-order valence-electron chi connectivity index (χ4n) is 2.50. The molecule has 0 unspecified atom stereocenters. The van der Waals surface area contributed by atoms with Crippen LogP contribution in [0.15, 0.2) is 42.5 Å². The lowest BCUT2D eigenvalue weighted by Gasteiger charge is -2.09. The number of hydrogen-bond acceptors (Lipinski definition) is 4. The number of rotatable bonds is 4. The Morgan fingerprint density at radius 1 is 1.13 bits per heavy atom. The van der Waals surface area contributed by atoms with E-state index in [4.69, 9.17) is 0 Å². The van der Waals surface area contributed by atoms with Gasteiger partial charge >= 0.3 is 0 Å². The lowest BCUT2D eigenvalue weighted by molar-refractivity contribution is -0.117. The number of carbonyl (C=O) groups is 2. The minimum atomic E-state index is -0.218. The summed E-state index contributed by atoms with van der Waals surface area (Å²) in [7, 11) is 0. The van der Waals surface area contributed by atoms with Crippen molar-refractivity contribution in [3.63, 3.8) is 0 Å². The van der Waals surface area contributed by atoms with E-state index in [0.29, 0.717) is 11.4 Å². The molecule has 1 N–H and O–H groups in total. The number of aromatic nitrogens is 3. The molecule has 1 amide bonds. The highest BCUT2D eigenvalue weighted by atomic mass is 16.2. The molecule has 23 heavy (non-hydrogen) atoms. The number of amides is 1. The zero-order valence-corrected chi connectivity index (χ0v) is 12.9. The van der Waals surface area contributed by atoms with Gasteiger partial charge in [-0.05, 0) is 18.4 Å². The van der Waals surface area contributed by atoms with E-state index in [1.807, 2.05) is 42.5 Å². The molecule has 0 saturated carbocycles. The number of Topliss-reactive ketones (excluding diaryl/α,β-unsaturated/α-hetero) is 1. The molecule has 2 aromatic carbocycles. The second-order valence-electron chi connectivity index (χ2n) is 5.31. The summed E-state index contributed by atoms with van der Waals surface area (Å²) in [6.45, 7) is 3.16. The smallest absolute Gasteiger partial charge is 0.246 e. The minimum Gasteiger partial charge on any atom is -0.324 e. The Kier molecular flexibility index (Phi) is 3.89. The number of nitrogens with one attached hydrogen (secondary N) is 1. The molecule has 0 radical (unpaired) electrons. The number of nitrogens with zero attached hydrogens (tertiary/aromatic N) is 3. The van der Waals surface area contributed by atoms with Crippen molar-refractivity contribution in [2.24, 2.45) is 0 Å². The van der Waals surface area contributed by atoms with Crippen LogP contribution in [0.3, 0.4) is 0 Å². The van der Waals surface area contributed by atoms with E-state index in [2.05, 4.69) is 15.6 Å². The summed E-state index contributed by atoms with van der Waals surface area (Å²) in [6, 6.07) is 13.6. The predicted molar refractivity (Wildman–Crippen MR) is 87.3 cm³/mol. The second kappa shape index (κ2) is 6.00. The first-order chi connectivity index (χ1) is 11.1.